The van der Waals surface area contributed by atoms with Crippen molar-refractivity contribution in [3.63, 3.8) is 0 Å². The normalized spacial score (nSPS) is 12.7. The molecular formula is C22H18F3N9O5. The summed E-state index contributed by atoms with van der Waals surface area (Å²) in [6.07, 6.45) is -3.57. The van der Waals surface area contributed by atoms with Crippen LogP contribution >= 0.6 is 0 Å². The lowest BCUT2D eigenvalue weighted by Crippen LogP contribution is -2.40. The maximum atomic E-state index is 13.3. The number of fused-ring (bicyclic) bond motifs is 1. The third-order valence-electron chi connectivity index (χ3n) is 5.75. The molecule has 5 heterocycles. The van der Waals surface area contributed by atoms with Gasteiger partial charge in [0, 0.05) is 13.1 Å². The van der Waals surface area contributed by atoms with Crippen molar-refractivity contribution in [3.8, 4) is 11.5 Å². The standard InChI is InChI=1S/C22H18F3N9O5/c1-10-7-12(30-38-10)8-33-19(36)15-17(32(3)21(33)37)26-9-34(15)11(2)18(35)28-14-6-4-5-13(27-14)16-29-20(39-31-16)22(23,24)25/h4-7,9,11H,8H2,1-3H3,(H,27,28,35). The van der Waals surface area contributed by atoms with E-state index in [-0.39, 0.29) is 29.2 Å². The molecule has 1 amide bonds. The van der Waals surface area contributed by atoms with E-state index < -0.39 is 41.1 Å². The summed E-state index contributed by atoms with van der Waals surface area (Å²) >= 11 is 0. The number of aryl methyl sites for hydroxylation is 2. The minimum absolute atomic E-state index is 0.00634. The Morgan fingerprint density at radius 2 is 1.92 bits per heavy atom. The molecule has 14 nitrogen and oxygen atoms in total. The highest BCUT2D eigenvalue weighted by Crippen LogP contribution is 2.29. The Bertz CT molecular complexity index is 1830. The Labute approximate surface area is 214 Å². The van der Waals surface area contributed by atoms with E-state index >= 15 is 0 Å². The number of carbonyl (C=O) groups is 1. The van der Waals surface area contributed by atoms with Gasteiger partial charge >= 0.3 is 17.8 Å². The number of alkyl halides is 3. The zero-order chi connectivity index (χ0) is 28.1. The topological polar surface area (TPSA) is 169 Å². The third-order valence-corrected chi connectivity index (χ3v) is 5.75. The molecule has 0 saturated heterocycles. The van der Waals surface area contributed by atoms with Gasteiger partial charge in [-0.2, -0.15) is 18.2 Å². The molecule has 0 aliphatic carbocycles. The SMILES string of the molecule is Cc1cc(Cn2c(=O)c3c(ncn3C(C)C(=O)Nc3cccc(-c4noc(C(F)(F)F)n4)n3)n(C)c2=O)no1. The van der Waals surface area contributed by atoms with Crippen molar-refractivity contribution < 1.29 is 27.0 Å². The van der Waals surface area contributed by atoms with E-state index in [0.717, 1.165) is 4.57 Å². The van der Waals surface area contributed by atoms with Crippen molar-refractivity contribution >= 4 is 22.9 Å². The van der Waals surface area contributed by atoms with Crippen LogP contribution in [0.5, 0.6) is 0 Å². The third kappa shape index (κ3) is 4.69. The fourth-order valence-corrected chi connectivity index (χ4v) is 3.81. The average Bonchev–Trinajstić information content (AvgIpc) is 3.64. The van der Waals surface area contributed by atoms with Crippen LogP contribution in [-0.4, -0.2) is 44.9 Å². The molecule has 0 bridgehead atoms. The van der Waals surface area contributed by atoms with Gasteiger partial charge in [-0.3, -0.25) is 18.7 Å². The molecule has 0 radical (unpaired) electrons. The Balaban J connectivity index is 1.44. The van der Waals surface area contributed by atoms with Gasteiger partial charge in [-0.15, -0.1) is 0 Å². The smallest absolute Gasteiger partial charge is 0.361 e. The Morgan fingerprint density at radius 3 is 2.59 bits per heavy atom. The number of hydrogen-bond donors (Lipinski definition) is 1. The summed E-state index contributed by atoms with van der Waals surface area (Å²) in [5, 5.41) is 9.64. The van der Waals surface area contributed by atoms with Gasteiger partial charge in [0.15, 0.2) is 11.2 Å². The van der Waals surface area contributed by atoms with E-state index in [0.29, 0.717) is 11.5 Å². The van der Waals surface area contributed by atoms with Gasteiger partial charge in [0.1, 0.15) is 29.0 Å². The fourth-order valence-electron chi connectivity index (χ4n) is 3.81. The van der Waals surface area contributed by atoms with Gasteiger partial charge in [0.05, 0.1) is 12.9 Å². The number of carbonyl (C=O) groups excluding carboxylic acids is 1. The zero-order valence-corrected chi connectivity index (χ0v) is 20.4. The summed E-state index contributed by atoms with van der Waals surface area (Å²) in [6, 6.07) is 4.74. The lowest BCUT2D eigenvalue weighted by Gasteiger charge is -2.15. The van der Waals surface area contributed by atoms with E-state index in [4.69, 9.17) is 4.52 Å². The molecule has 0 aliphatic heterocycles. The van der Waals surface area contributed by atoms with Crippen LogP contribution in [0.3, 0.4) is 0 Å². The molecule has 17 heteroatoms. The van der Waals surface area contributed by atoms with Gasteiger partial charge < -0.3 is 18.9 Å². The second-order valence-corrected chi connectivity index (χ2v) is 8.48. The van der Waals surface area contributed by atoms with Crippen LogP contribution < -0.4 is 16.6 Å². The molecule has 1 unspecified atom stereocenters. The van der Waals surface area contributed by atoms with Crippen LogP contribution in [0.1, 0.15) is 30.3 Å². The van der Waals surface area contributed by atoms with Gasteiger partial charge in [-0.05, 0) is 26.0 Å². The molecular weight excluding hydrogens is 527 g/mol. The number of nitrogens with zero attached hydrogens (tertiary/aromatic N) is 8. The van der Waals surface area contributed by atoms with Crippen LogP contribution in [0.4, 0.5) is 19.0 Å². The van der Waals surface area contributed by atoms with E-state index in [9.17, 15) is 27.6 Å². The summed E-state index contributed by atoms with van der Waals surface area (Å²) in [5.41, 5.74) is -0.982. The Kier molecular flexibility index (Phi) is 6.12. The van der Waals surface area contributed by atoms with Crippen molar-refractivity contribution in [2.45, 2.75) is 32.6 Å². The monoisotopic (exact) mass is 545 g/mol. The minimum atomic E-state index is -4.82. The van der Waals surface area contributed by atoms with E-state index in [1.54, 1.807) is 13.0 Å². The molecule has 5 aromatic heterocycles. The molecule has 5 aromatic rings. The number of halogens is 3. The van der Waals surface area contributed by atoms with Gasteiger partial charge in [-0.25, -0.2) is 14.8 Å². The van der Waals surface area contributed by atoms with Crippen LogP contribution in [0.15, 0.2) is 49.2 Å². The minimum Gasteiger partial charge on any atom is -0.361 e. The maximum absolute atomic E-state index is 13.3. The second kappa shape index (κ2) is 9.34. The van der Waals surface area contributed by atoms with Crippen LogP contribution in [0, 0.1) is 6.92 Å². The molecule has 1 N–H and O–H groups in total. The van der Waals surface area contributed by atoms with Crippen molar-refractivity contribution in [3.05, 3.63) is 68.8 Å². The Hall–Kier alpha value is -5.09. The number of imidazole rings is 1. The first-order chi connectivity index (χ1) is 18.4. The maximum Gasteiger partial charge on any atom is 0.471 e. The van der Waals surface area contributed by atoms with Crippen LogP contribution in [-0.2, 0) is 24.6 Å². The number of pyridine rings is 1. The predicted molar refractivity (Wildman–Crippen MR) is 125 cm³/mol. The molecule has 0 aromatic carbocycles. The molecule has 39 heavy (non-hydrogen) atoms. The van der Waals surface area contributed by atoms with E-state index in [1.807, 2.05) is 0 Å². The van der Waals surface area contributed by atoms with Crippen LogP contribution in [0.25, 0.3) is 22.7 Å². The van der Waals surface area contributed by atoms with E-state index in [2.05, 4.69) is 35.1 Å². The fraction of sp³-hybridized carbons (Fsp3) is 0.273. The second-order valence-electron chi connectivity index (χ2n) is 8.48. The van der Waals surface area contributed by atoms with Crippen molar-refractivity contribution in [2.24, 2.45) is 7.05 Å². The highest BCUT2D eigenvalue weighted by Gasteiger charge is 2.38. The molecule has 0 fully saturated rings. The molecule has 0 aliphatic rings. The van der Waals surface area contributed by atoms with Crippen LogP contribution in [0.2, 0.25) is 0 Å². The summed E-state index contributed by atoms with van der Waals surface area (Å²) in [7, 11) is 1.44. The van der Waals surface area contributed by atoms with Crippen molar-refractivity contribution in [1.82, 2.24) is 39.0 Å². The first-order valence-corrected chi connectivity index (χ1v) is 11.2. The van der Waals surface area contributed by atoms with Gasteiger partial charge in [0.25, 0.3) is 5.56 Å². The van der Waals surface area contributed by atoms with E-state index in [1.165, 1.54) is 47.6 Å². The summed E-state index contributed by atoms with van der Waals surface area (Å²) in [5.74, 6) is -2.10. The molecule has 1 atom stereocenters. The number of nitrogens with one attached hydrogen (secondary N) is 1. The molecule has 0 saturated carbocycles. The number of aromatic nitrogens is 8. The highest BCUT2D eigenvalue weighted by atomic mass is 19.4. The first-order valence-electron chi connectivity index (χ1n) is 11.2. The number of anilines is 1. The predicted octanol–water partition coefficient (Wildman–Crippen LogP) is 1.90. The van der Waals surface area contributed by atoms with Gasteiger partial charge in [0.2, 0.25) is 11.7 Å². The lowest BCUT2D eigenvalue weighted by molar-refractivity contribution is -0.159. The zero-order valence-electron chi connectivity index (χ0n) is 20.4. The number of hydrogen-bond acceptors (Lipinski definition) is 10. The summed E-state index contributed by atoms with van der Waals surface area (Å²) in [4.78, 5) is 50.7. The number of amides is 1. The van der Waals surface area contributed by atoms with Crippen molar-refractivity contribution in [2.75, 3.05) is 5.32 Å². The first kappa shape index (κ1) is 25.6. The lowest BCUT2D eigenvalue weighted by atomic mass is 10.3. The summed E-state index contributed by atoms with van der Waals surface area (Å²) in [6.45, 7) is 3.00. The van der Waals surface area contributed by atoms with Crippen molar-refractivity contribution in [1.29, 1.82) is 0 Å². The summed E-state index contributed by atoms with van der Waals surface area (Å²) < 4.78 is 51.0. The van der Waals surface area contributed by atoms with Gasteiger partial charge in [-0.1, -0.05) is 16.4 Å². The quantitative estimate of drug-likeness (QED) is 0.333. The molecule has 0 spiro atoms. The molecule has 5 rings (SSSR count). The highest BCUT2D eigenvalue weighted by molar-refractivity contribution is 5.93. The Morgan fingerprint density at radius 1 is 1.15 bits per heavy atom. The molecule has 202 valence electrons. The largest absolute Gasteiger partial charge is 0.471 e. The average molecular weight is 545 g/mol. The number of rotatable bonds is 6.